The minimum atomic E-state index is -0.344. The zero-order valence-electron chi connectivity index (χ0n) is 9.86. The first-order valence-electron chi connectivity index (χ1n) is 5.74. The Morgan fingerprint density at radius 1 is 1.22 bits per heavy atom. The lowest BCUT2D eigenvalue weighted by atomic mass is 10.2. The van der Waals surface area contributed by atoms with Crippen molar-refractivity contribution in [3.05, 3.63) is 59.4 Å². The fourth-order valence-corrected chi connectivity index (χ4v) is 1.90. The van der Waals surface area contributed by atoms with E-state index in [1.807, 2.05) is 36.4 Å². The standard InChI is InChI=1S/C14H14ClNO2/c15-8-6-12-7-9-16-13(12)14(17)18-10-11-4-2-1-3-5-11/h1-5,7,9,16H,6,8,10H2. The van der Waals surface area contributed by atoms with Crippen LogP contribution in [0.15, 0.2) is 42.6 Å². The van der Waals surface area contributed by atoms with Crippen molar-refractivity contribution in [2.75, 3.05) is 5.88 Å². The Morgan fingerprint density at radius 2 is 2.00 bits per heavy atom. The molecule has 0 bridgehead atoms. The van der Waals surface area contributed by atoms with Crippen molar-refractivity contribution >= 4 is 17.6 Å². The first kappa shape index (κ1) is 12.7. The molecule has 1 N–H and O–H groups in total. The van der Waals surface area contributed by atoms with Gasteiger partial charge in [0.25, 0.3) is 0 Å². The molecule has 0 aliphatic heterocycles. The maximum atomic E-state index is 11.9. The molecule has 0 aliphatic carbocycles. The number of alkyl halides is 1. The molecule has 0 spiro atoms. The highest BCUT2D eigenvalue weighted by molar-refractivity contribution is 6.18. The molecule has 0 aliphatic rings. The zero-order chi connectivity index (χ0) is 12.8. The van der Waals surface area contributed by atoms with Crippen LogP contribution in [0.2, 0.25) is 0 Å². The van der Waals surface area contributed by atoms with Gasteiger partial charge in [0.05, 0.1) is 0 Å². The number of hydrogen-bond donors (Lipinski definition) is 1. The Bertz CT molecular complexity index is 508. The molecule has 0 unspecified atom stereocenters. The number of ether oxygens (including phenoxy) is 1. The maximum Gasteiger partial charge on any atom is 0.355 e. The quantitative estimate of drug-likeness (QED) is 0.665. The Hall–Kier alpha value is -1.74. The van der Waals surface area contributed by atoms with E-state index in [2.05, 4.69) is 4.98 Å². The molecule has 0 saturated heterocycles. The fraction of sp³-hybridized carbons (Fsp3) is 0.214. The first-order valence-corrected chi connectivity index (χ1v) is 6.28. The number of rotatable bonds is 5. The number of hydrogen-bond acceptors (Lipinski definition) is 2. The van der Waals surface area contributed by atoms with Crippen molar-refractivity contribution in [1.82, 2.24) is 4.98 Å². The number of carbonyl (C=O) groups is 1. The van der Waals surface area contributed by atoms with Gasteiger partial charge in [0.1, 0.15) is 12.3 Å². The number of carbonyl (C=O) groups excluding carboxylic acids is 1. The highest BCUT2D eigenvalue weighted by Gasteiger charge is 2.13. The Labute approximate surface area is 111 Å². The van der Waals surface area contributed by atoms with E-state index in [0.717, 1.165) is 11.1 Å². The third-order valence-electron chi connectivity index (χ3n) is 2.61. The lowest BCUT2D eigenvalue weighted by molar-refractivity contribution is 0.0465. The highest BCUT2D eigenvalue weighted by atomic mass is 35.5. The normalized spacial score (nSPS) is 10.3. The van der Waals surface area contributed by atoms with Gasteiger partial charge in [0.15, 0.2) is 0 Å². The van der Waals surface area contributed by atoms with Gasteiger partial charge in [0, 0.05) is 12.1 Å². The van der Waals surface area contributed by atoms with Gasteiger partial charge in [0.2, 0.25) is 0 Å². The summed E-state index contributed by atoms with van der Waals surface area (Å²) in [7, 11) is 0. The van der Waals surface area contributed by atoms with Crippen LogP contribution in [0.3, 0.4) is 0 Å². The van der Waals surface area contributed by atoms with E-state index in [1.165, 1.54) is 0 Å². The summed E-state index contributed by atoms with van der Waals surface area (Å²) in [6, 6.07) is 11.4. The lowest BCUT2D eigenvalue weighted by Crippen LogP contribution is -2.08. The van der Waals surface area contributed by atoms with E-state index in [1.54, 1.807) is 6.20 Å². The molecule has 3 nitrogen and oxygen atoms in total. The van der Waals surface area contributed by atoms with Crippen molar-refractivity contribution in [1.29, 1.82) is 0 Å². The molecule has 18 heavy (non-hydrogen) atoms. The molecular formula is C14H14ClNO2. The van der Waals surface area contributed by atoms with Crippen LogP contribution in [0.5, 0.6) is 0 Å². The van der Waals surface area contributed by atoms with E-state index in [-0.39, 0.29) is 12.6 Å². The summed E-state index contributed by atoms with van der Waals surface area (Å²) >= 11 is 5.68. The van der Waals surface area contributed by atoms with Gasteiger partial charge in [-0.05, 0) is 23.6 Å². The van der Waals surface area contributed by atoms with E-state index >= 15 is 0 Å². The minimum Gasteiger partial charge on any atom is -0.456 e. The number of esters is 1. The molecule has 4 heteroatoms. The minimum absolute atomic E-state index is 0.277. The van der Waals surface area contributed by atoms with Gasteiger partial charge in [-0.2, -0.15) is 0 Å². The first-order chi connectivity index (χ1) is 8.81. The molecular weight excluding hydrogens is 250 g/mol. The van der Waals surface area contributed by atoms with Crippen molar-refractivity contribution in [3.8, 4) is 0 Å². The second-order valence-corrected chi connectivity index (χ2v) is 4.26. The van der Waals surface area contributed by atoms with Crippen LogP contribution >= 0.6 is 11.6 Å². The summed E-state index contributed by atoms with van der Waals surface area (Å²) in [6.45, 7) is 0.277. The number of aromatic nitrogens is 1. The van der Waals surface area contributed by atoms with Crippen LogP contribution in [-0.2, 0) is 17.8 Å². The molecule has 0 amide bonds. The Kier molecular flexibility index (Phi) is 4.42. The second kappa shape index (κ2) is 6.26. The number of benzene rings is 1. The zero-order valence-corrected chi connectivity index (χ0v) is 10.6. The number of aryl methyl sites for hydroxylation is 1. The van der Waals surface area contributed by atoms with Gasteiger partial charge in [-0.25, -0.2) is 4.79 Å². The van der Waals surface area contributed by atoms with Crippen LogP contribution in [0.25, 0.3) is 0 Å². The Morgan fingerprint density at radius 3 is 2.72 bits per heavy atom. The lowest BCUT2D eigenvalue weighted by Gasteiger charge is -2.05. The largest absolute Gasteiger partial charge is 0.456 e. The molecule has 1 heterocycles. The molecule has 0 atom stereocenters. The van der Waals surface area contributed by atoms with E-state index in [9.17, 15) is 4.79 Å². The van der Waals surface area contributed by atoms with Crippen molar-refractivity contribution in [2.45, 2.75) is 13.0 Å². The van der Waals surface area contributed by atoms with Crippen LogP contribution in [0.1, 0.15) is 21.6 Å². The smallest absolute Gasteiger partial charge is 0.355 e. The summed E-state index contributed by atoms with van der Waals surface area (Å²) in [4.78, 5) is 14.8. The topological polar surface area (TPSA) is 42.1 Å². The van der Waals surface area contributed by atoms with Crippen LogP contribution in [0.4, 0.5) is 0 Å². The number of halogens is 1. The van der Waals surface area contributed by atoms with Gasteiger partial charge in [-0.3, -0.25) is 0 Å². The number of nitrogens with one attached hydrogen (secondary N) is 1. The molecule has 0 saturated carbocycles. The molecule has 94 valence electrons. The van der Waals surface area contributed by atoms with Crippen molar-refractivity contribution in [2.24, 2.45) is 0 Å². The highest BCUT2D eigenvalue weighted by Crippen LogP contribution is 2.11. The monoisotopic (exact) mass is 263 g/mol. The third kappa shape index (κ3) is 3.14. The molecule has 1 aromatic carbocycles. The number of aromatic amines is 1. The van der Waals surface area contributed by atoms with E-state index in [0.29, 0.717) is 18.0 Å². The SMILES string of the molecule is O=C(OCc1ccccc1)c1[nH]ccc1CCCl. The van der Waals surface area contributed by atoms with Crippen LogP contribution < -0.4 is 0 Å². The average molecular weight is 264 g/mol. The van der Waals surface area contributed by atoms with E-state index < -0.39 is 0 Å². The van der Waals surface area contributed by atoms with Crippen molar-refractivity contribution < 1.29 is 9.53 Å². The van der Waals surface area contributed by atoms with Gasteiger partial charge in [-0.15, -0.1) is 11.6 Å². The van der Waals surface area contributed by atoms with Gasteiger partial charge in [-0.1, -0.05) is 30.3 Å². The summed E-state index contributed by atoms with van der Waals surface area (Å²) < 4.78 is 5.25. The van der Waals surface area contributed by atoms with Gasteiger partial charge < -0.3 is 9.72 Å². The third-order valence-corrected chi connectivity index (χ3v) is 2.80. The summed E-state index contributed by atoms with van der Waals surface area (Å²) in [5.41, 5.74) is 2.35. The molecule has 0 fully saturated rings. The summed E-state index contributed by atoms with van der Waals surface area (Å²) in [5.74, 6) is 0.139. The second-order valence-electron chi connectivity index (χ2n) is 3.88. The van der Waals surface area contributed by atoms with Gasteiger partial charge >= 0.3 is 5.97 Å². The fourth-order valence-electron chi connectivity index (χ4n) is 1.70. The summed E-state index contributed by atoms with van der Waals surface area (Å²) in [5, 5.41) is 0. The molecule has 1 aromatic heterocycles. The van der Waals surface area contributed by atoms with Crippen LogP contribution in [-0.4, -0.2) is 16.8 Å². The van der Waals surface area contributed by atoms with Crippen LogP contribution in [0, 0.1) is 0 Å². The number of H-pyrrole nitrogens is 1. The summed E-state index contributed by atoms with van der Waals surface area (Å²) in [6.07, 6.45) is 2.38. The maximum absolute atomic E-state index is 11.9. The Balaban J connectivity index is 1.97. The molecule has 2 aromatic rings. The van der Waals surface area contributed by atoms with Crippen molar-refractivity contribution in [3.63, 3.8) is 0 Å². The molecule has 2 rings (SSSR count). The van der Waals surface area contributed by atoms with E-state index in [4.69, 9.17) is 16.3 Å². The predicted octanol–water partition coefficient (Wildman–Crippen LogP) is 3.15. The molecule has 0 radical (unpaired) electrons. The average Bonchev–Trinajstić information content (AvgIpc) is 2.86. The predicted molar refractivity (Wildman–Crippen MR) is 70.8 cm³/mol.